The zero-order chi connectivity index (χ0) is 32.1. The van der Waals surface area contributed by atoms with Gasteiger partial charge in [-0.05, 0) is 60.9 Å². The molecule has 2 aliphatic carbocycles. The van der Waals surface area contributed by atoms with Gasteiger partial charge in [0.2, 0.25) is 5.91 Å². The third-order valence-corrected chi connectivity index (χ3v) is 10.3. The molecule has 4 aromatic carbocycles. The molecule has 1 heterocycles. The molecule has 0 saturated heterocycles. The van der Waals surface area contributed by atoms with E-state index < -0.39 is 0 Å². The highest BCUT2D eigenvalue weighted by Gasteiger charge is 2.46. The van der Waals surface area contributed by atoms with Crippen LogP contribution >= 0.6 is 0 Å². The van der Waals surface area contributed by atoms with Crippen molar-refractivity contribution in [2.45, 2.75) is 77.2 Å². The van der Waals surface area contributed by atoms with E-state index in [0.717, 1.165) is 70.7 Å². The number of benzene rings is 4. The molecule has 7 rings (SSSR count). The number of anilines is 2. The molecule has 2 N–H and O–H groups in total. The molecule has 0 bridgehead atoms. The van der Waals surface area contributed by atoms with Gasteiger partial charge in [-0.2, -0.15) is 0 Å². The Balaban J connectivity index is 1.31. The number of quaternary nitrogens is 1. The lowest BCUT2D eigenvalue weighted by molar-refractivity contribution is -0.117. The number of rotatable bonds is 8. The fraction of sp³-hybridized carbons (Fsp3) is 0.341. The lowest BCUT2D eigenvalue weighted by Gasteiger charge is -2.31. The Morgan fingerprint density at radius 1 is 0.723 bits per heavy atom. The summed E-state index contributed by atoms with van der Waals surface area (Å²) in [6.45, 7) is 0.342. The summed E-state index contributed by atoms with van der Waals surface area (Å²) >= 11 is 0. The second kappa shape index (κ2) is 14.1. The van der Waals surface area contributed by atoms with E-state index in [2.05, 4.69) is 47.0 Å². The number of nitrogens with zero attached hydrogens (tertiary/aromatic N) is 2. The first-order valence-corrected chi connectivity index (χ1v) is 17.5. The van der Waals surface area contributed by atoms with Gasteiger partial charge in [-0.3, -0.25) is 10.1 Å². The van der Waals surface area contributed by atoms with Gasteiger partial charge in [0.05, 0.1) is 5.69 Å². The molecule has 0 spiro atoms. The van der Waals surface area contributed by atoms with Crippen molar-refractivity contribution in [2.24, 2.45) is 16.9 Å². The Kier molecular flexibility index (Phi) is 9.30. The van der Waals surface area contributed by atoms with Crippen molar-refractivity contribution in [3.63, 3.8) is 0 Å². The predicted molar refractivity (Wildman–Crippen MR) is 192 cm³/mol. The van der Waals surface area contributed by atoms with Crippen molar-refractivity contribution in [3.05, 3.63) is 114 Å². The van der Waals surface area contributed by atoms with Crippen LogP contribution in [0.4, 0.5) is 21.9 Å². The van der Waals surface area contributed by atoms with Crippen LogP contribution in [0.5, 0.6) is 0 Å². The molecule has 2 saturated carbocycles. The van der Waals surface area contributed by atoms with Crippen molar-refractivity contribution in [3.8, 4) is 11.1 Å². The number of para-hydroxylation sites is 1. The number of amides is 3. The molecule has 4 aromatic rings. The highest BCUT2D eigenvalue weighted by molar-refractivity contribution is 6.13. The second-order valence-corrected chi connectivity index (χ2v) is 13.5. The molecule has 6 nitrogen and oxygen atoms in total. The topological polar surface area (TPSA) is 70.6 Å². The third kappa shape index (κ3) is 6.79. The largest absolute Gasteiger partial charge is 0.453 e. The van der Waals surface area contributed by atoms with Crippen molar-refractivity contribution >= 4 is 34.7 Å². The van der Waals surface area contributed by atoms with Crippen molar-refractivity contribution in [1.82, 2.24) is 4.59 Å². The first kappa shape index (κ1) is 31.1. The highest BCUT2D eigenvalue weighted by atomic mass is 16.2. The Hall–Kier alpha value is -4.55. The number of hydrogen-bond acceptors (Lipinski definition) is 3. The molecule has 3 amide bonds. The maximum absolute atomic E-state index is 14.7. The van der Waals surface area contributed by atoms with E-state index in [4.69, 9.17) is 5.10 Å². The minimum Gasteiger partial charge on any atom is -0.326 e. The average molecular weight is 626 g/mol. The molecule has 1 atom stereocenters. The maximum atomic E-state index is 14.7. The van der Waals surface area contributed by atoms with Crippen LogP contribution in [0, 0.1) is 11.8 Å². The standard InChI is InChI=1S/C41H44N4O2/c46-39(28-30-14-4-1-5-15-30)42-34-24-26-35(27-25-34)45(29-33-20-10-11-21-36(33)31-16-6-2-7-17-31)41(47)43-38-23-13-12-22-37(38)40(44-45)32-18-8-3-9-19-32/h2,6-7,10-13,16-17,20-27,30,32H,1,3-5,8-9,14-15,18-19,28-29H2,(H-,42,43,44,46,47)/p+1. The monoisotopic (exact) mass is 625 g/mol. The van der Waals surface area contributed by atoms with E-state index in [0.29, 0.717) is 18.9 Å². The van der Waals surface area contributed by atoms with Gasteiger partial charge in [0.25, 0.3) is 0 Å². The lowest BCUT2D eigenvalue weighted by Crippen LogP contribution is -2.51. The van der Waals surface area contributed by atoms with Crippen LogP contribution in [-0.2, 0) is 11.3 Å². The summed E-state index contributed by atoms with van der Waals surface area (Å²) in [6, 6.07) is 34.4. The lowest BCUT2D eigenvalue weighted by atomic mass is 9.83. The van der Waals surface area contributed by atoms with E-state index in [-0.39, 0.29) is 22.4 Å². The fourth-order valence-electron chi connectivity index (χ4n) is 7.82. The number of hydrogen-bond donors (Lipinski definition) is 2. The van der Waals surface area contributed by atoms with Crippen LogP contribution in [0.3, 0.4) is 0 Å². The van der Waals surface area contributed by atoms with Gasteiger partial charge in [-0.1, -0.05) is 121 Å². The van der Waals surface area contributed by atoms with Gasteiger partial charge in [-0.25, -0.2) is 4.79 Å². The van der Waals surface area contributed by atoms with E-state index in [1.54, 1.807) is 0 Å². The van der Waals surface area contributed by atoms with Gasteiger partial charge in [0.1, 0.15) is 12.3 Å². The number of carbonyl (C=O) groups excluding carboxylic acids is 2. The summed E-state index contributed by atoms with van der Waals surface area (Å²) in [6.07, 6.45) is 12.2. The van der Waals surface area contributed by atoms with Crippen molar-refractivity contribution in [2.75, 3.05) is 10.6 Å². The summed E-state index contributed by atoms with van der Waals surface area (Å²) in [4.78, 5) is 27.7. The molecular weight excluding hydrogens is 580 g/mol. The molecule has 47 heavy (non-hydrogen) atoms. The summed E-state index contributed by atoms with van der Waals surface area (Å²) in [7, 11) is 0. The minimum absolute atomic E-state index is 0.0610. The van der Waals surface area contributed by atoms with Gasteiger partial charge in [0.15, 0.2) is 5.69 Å². The van der Waals surface area contributed by atoms with Crippen LogP contribution in [0.2, 0.25) is 0 Å². The minimum atomic E-state index is -0.249. The van der Waals surface area contributed by atoms with Gasteiger partial charge >= 0.3 is 6.03 Å². The predicted octanol–water partition coefficient (Wildman–Crippen LogP) is 10.3. The summed E-state index contributed by atoms with van der Waals surface area (Å²) in [5, 5.41) is 12.0. The Morgan fingerprint density at radius 3 is 2.11 bits per heavy atom. The van der Waals surface area contributed by atoms with Crippen molar-refractivity contribution in [1.29, 1.82) is 0 Å². The van der Waals surface area contributed by atoms with Gasteiger partial charge in [-0.15, -0.1) is 0 Å². The summed E-state index contributed by atoms with van der Waals surface area (Å²) in [5.74, 6) is 0.806. The summed E-state index contributed by atoms with van der Waals surface area (Å²) in [5.41, 5.74) is 7.55. The molecule has 2 fully saturated rings. The Morgan fingerprint density at radius 2 is 1.36 bits per heavy atom. The first-order chi connectivity index (χ1) is 23.1. The fourth-order valence-corrected chi connectivity index (χ4v) is 7.82. The number of nitrogens with one attached hydrogen (secondary N) is 2. The van der Waals surface area contributed by atoms with Crippen LogP contribution in [0.15, 0.2) is 108 Å². The van der Waals surface area contributed by atoms with Gasteiger partial charge in [0, 0.05) is 41.3 Å². The zero-order valence-electron chi connectivity index (χ0n) is 27.2. The highest BCUT2D eigenvalue weighted by Crippen LogP contribution is 2.39. The Bertz CT molecular complexity index is 1740. The first-order valence-electron chi connectivity index (χ1n) is 17.5. The van der Waals surface area contributed by atoms with Crippen LogP contribution in [-0.4, -0.2) is 17.6 Å². The normalized spacial score (nSPS) is 20.4. The van der Waals surface area contributed by atoms with E-state index in [1.807, 2.05) is 66.7 Å². The van der Waals surface area contributed by atoms with Crippen molar-refractivity contribution < 1.29 is 9.59 Å². The SMILES string of the molecule is O=C(CC1CCCCC1)Nc1ccc([N+]2(Cc3ccccc3-c3ccccc3)N=C(C3CCCCC3)c3ccccc3NC2=O)cc1. The molecule has 0 aromatic heterocycles. The molecule has 0 radical (unpaired) electrons. The van der Waals surface area contributed by atoms with E-state index in [9.17, 15) is 9.59 Å². The van der Waals surface area contributed by atoms with Crippen LogP contribution in [0.1, 0.15) is 81.8 Å². The van der Waals surface area contributed by atoms with E-state index >= 15 is 0 Å². The molecular formula is C41H45N4O2+. The van der Waals surface area contributed by atoms with E-state index in [1.165, 1.54) is 38.5 Å². The van der Waals surface area contributed by atoms with Crippen LogP contribution in [0.25, 0.3) is 11.1 Å². The number of urea groups is 1. The number of carbonyl (C=O) groups is 2. The molecule has 3 aliphatic rings. The molecule has 1 aliphatic heterocycles. The van der Waals surface area contributed by atoms with Gasteiger partial charge < -0.3 is 5.32 Å². The quantitative estimate of drug-likeness (QED) is 0.191. The second-order valence-electron chi connectivity index (χ2n) is 13.5. The summed E-state index contributed by atoms with van der Waals surface area (Å²) < 4.78 is -0.249. The van der Waals surface area contributed by atoms with Crippen LogP contribution < -0.4 is 15.2 Å². The molecule has 1 unspecified atom stereocenters. The third-order valence-electron chi connectivity index (χ3n) is 10.3. The Labute approximate surface area is 278 Å². The molecule has 240 valence electrons. The smallest absolute Gasteiger partial charge is 0.326 e. The zero-order valence-corrected chi connectivity index (χ0v) is 27.2. The molecule has 6 heteroatoms. The average Bonchev–Trinajstić information content (AvgIpc) is 3.24. The number of fused-ring (bicyclic) bond motifs is 1. The maximum Gasteiger partial charge on any atom is 0.453 e.